The normalized spacial score (nSPS) is 23.7. The Morgan fingerprint density at radius 1 is 1.50 bits per heavy atom. The van der Waals surface area contributed by atoms with E-state index in [4.69, 9.17) is 16.3 Å². The molecule has 1 aromatic rings. The Bertz CT molecular complexity index is 543. The molecule has 2 heterocycles. The van der Waals surface area contributed by atoms with Gasteiger partial charge in [-0.15, -0.1) is 0 Å². The first kappa shape index (κ1) is 15.6. The first-order valence-electron chi connectivity index (χ1n) is 8.11. The Morgan fingerprint density at radius 3 is 3.09 bits per heavy atom. The van der Waals surface area contributed by atoms with Crippen molar-refractivity contribution in [3.05, 3.63) is 28.8 Å². The molecule has 0 bridgehead atoms. The van der Waals surface area contributed by atoms with Gasteiger partial charge in [0.1, 0.15) is 12.4 Å². The number of carbonyl (C=O) groups excluding carboxylic acids is 1. The van der Waals surface area contributed by atoms with Gasteiger partial charge >= 0.3 is 0 Å². The minimum Gasteiger partial charge on any atom is -0.492 e. The van der Waals surface area contributed by atoms with Crippen LogP contribution in [-0.2, 0) is 11.2 Å². The number of hydrogen-bond acceptors (Lipinski definition) is 3. The van der Waals surface area contributed by atoms with Gasteiger partial charge in [-0.25, -0.2) is 0 Å². The van der Waals surface area contributed by atoms with E-state index < -0.39 is 0 Å². The molecule has 1 saturated heterocycles. The second kappa shape index (κ2) is 6.88. The SMILES string of the molecule is CCCN(C(=O)C1COc2ccc(Cl)cc2C1)C1CCNC1. The van der Waals surface area contributed by atoms with Gasteiger partial charge in [0.05, 0.1) is 5.92 Å². The number of amides is 1. The smallest absolute Gasteiger partial charge is 0.229 e. The first-order chi connectivity index (χ1) is 10.7. The molecular formula is C17H23ClN2O2. The lowest BCUT2D eigenvalue weighted by molar-refractivity contribution is -0.139. The van der Waals surface area contributed by atoms with E-state index in [2.05, 4.69) is 17.1 Å². The molecule has 2 aliphatic heterocycles. The van der Waals surface area contributed by atoms with Crippen LogP contribution in [0.25, 0.3) is 0 Å². The van der Waals surface area contributed by atoms with Crippen LogP contribution >= 0.6 is 11.6 Å². The number of rotatable bonds is 4. The molecule has 120 valence electrons. The van der Waals surface area contributed by atoms with Crippen LogP contribution in [0.2, 0.25) is 5.02 Å². The fraction of sp³-hybridized carbons (Fsp3) is 0.588. The van der Waals surface area contributed by atoms with Gasteiger partial charge in [-0.1, -0.05) is 18.5 Å². The van der Waals surface area contributed by atoms with Crippen molar-refractivity contribution < 1.29 is 9.53 Å². The number of halogens is 1. The minimum absolute atomic E-state index is 0.0990. The molecule has 1 fully saturated rings. The summed E-state index contributed by atoms with van der Waals surface area (Å²) in [5.74, 6) is 0.984. The third kappa shape index (κ3) is 3.23. The molecule has 0 radical (unpaired) electrons. The highest BCUT2D eigenvalue weighted by atomic mass is 35.5. The topological polar surface area (TPSA) is 41.6 Å². The molecule has 5 heteroatoms. The molecule has 3 rings (SSSR count). The molecule has 0 saturated carbocycles. The molecular weight excluding hydrogens is 300 g/mol. The number of carbonyl (C=O) groups is 1. The summed E-state index contributed by atoms with van der Waals surface area (Å²) >= 11 is 6.06. The fourth-order valence-corrected chi connectivity index (χ4v) is 3.57. The third-order valence-corrected chi connectivity index (χ3v) is 4.74. The van der Waals surface area contributed by atoms with Crippen molar-refractivity contribution in [3.63, 3.8) is 0 Å². The molecule has 1 aromatic carbocycles. The molecule has 1 N–H and O–H groups in total. The second-order valence-corrected chi connectivity index (χ2v) is 6.58. The monoisotopic (exact) mass is 322 g/mol. The Kier molecular flexibility index (Phi) is 4.89. The standard InChI is InChI=1S/C17H23ClN2O2/c1-2-7-20(15-5-6-19-10-15)17(21)13-8-12-9-14(18)3-4-16(12)22-11-13/h3-4,9,13,15,19H,2,5-8,10-11H2,1H3. The van der Waals surface area contributed by atoms with Crippen molar-refractivity contribution in [3.8, 4) is 5.75 Å². The average Bonchev–Trinajstić information content (AvgIpc) is 3.05. The summed E-state index contributed by atoms with van der Waals surface area (Å²) in [4.78, 5) is 15.0. The zero-order valence-corrected chi connectivity index (χ0v) is 13.7. The summed E-state index contributed by atoms with van der Waals surface area (Å²) in [5, 5.41) is 4.04. The van der Waals surface area contributed by atoms with Crippen molar-refractivity contribution in [2.75, 3.05) is 26.2 Å². The Labute approximate surface area is 136 Å². The molecule has 2 unspecified atom stereocenters. The summed E-state index contributed by atoms with van der Waals surface area (Å²) in [6.45, 7) is 5.31. The van der Waals surface area contributed by atoms with Crippen LogP contribution in [0.5, 0.6) is 5.75 Å². The van der Waals surface area contributed by atoms with Gasteiger partial charge in [0.25, 0.3) is 0 Å². The number of ether oxygens (including phenoxy) is 1. The third-order valence-electron chi connectivity index (χ3n) is 4.50. The molecule has 0 aromatic heterocycles. The fourth-order valence-electron chi connectivity index (χ4n) is 3.38. The lowest BCUT2D eigenvalue weighted by Gasteiger charge is -2.33. The number of benzene rings is 1. The van der Waals surface area contributed by atoms with Crippen LogP contribution in [0, 0.1) is 5.92 Å². The summed E-state index contributed by atoms with van der Waals surface area (Å²) in [6, 6.07) is 5.96. The van der Waals surface area contributed by atoms with Gasteiger partial charge < -0.3 is 15.0 Å². The minimum atomic E-state index is -0.0990. The maximum Gasteiger partial charge on any atom is 0.229 e. The van der Waals surface area contributed by atoms with Crippen molar-refractivity contribution >= 4 is 17.5 Å². The molecule has 0 aliphatic carbocycles. The van der Waals surface area contributed by atoms with E-state index in [-0.39, 0.29) is 11.8 Å². The molecule has 22 heavy (non-hydrogen) atoms. The average molecular weight is 323 g/mol. The van der Waals surface area contributed by atoms with E-state index in [9.17, 15) is 4.79 Å². The van der Waals surface area contributed by atoms with E-state index in [1.165, 1.54) is 0 Å². The summed E-state index contributed by atoms with van der Waals surface area (Å²) < 4.78 is 5.78. The highest BCUT2D eigenvalue weighted by Gasteiger charge is 2.33. The van der Waals surface area contributed by atoms with E-state index in [1.54, 1.807) is 0 Å². The Hall–Kier alpha value is -1.26. The van der Waals surface area contributed by atoms with Crippen molar-refractivity contribution in [1.82, 2.24) is 10.2 Å². The van der Waals surface area contributed by atoms with Gasteiger partial charge in [0.2, 0.25) is 5.91 Å². The molecule has 2 atom stereocenters. The van der Waals surface area contributed by atoms with E-state index >= 15 is 0 Å². The largest absolute Gasteiger partial charge is 0.492 e. The lowest BCUT2D eigenvalue weighted by atomic mass is 9.94. The van der Waals surface area contributed by atoms with E-state index in [0.29, 0.717) is 17.7 Å². The van der Waals surface area contributed by atoms with Gasteiger partial charge in [-0.3, -0.25) is 4.79 Å². The molecule has 4 nitrogen and oxygen atoms in total. The van der Waals surface area contributed by atoms with E-state index in [0.717, 1.165) is 50.2 Å². The van der Waals surface area contributed by atoms with Crippen LogP contribution in [0.4, 0.5) is 0 Å². The second-order valence-electron chi connectivity index (χ2n) is 6.14. The summed E-state index contributed by atoms with van der Waals surface area (Å²) in [6.07, 6.45) is 2.75. The van der Waals surface area contributed by atoms with E-state index in [1.807, 2.05) is 18.2 Å². The van der Waals surface area contributed by atoms with Crippen LogP contribution in [0.1, 0.15) is 25.3 Å². The van der Waals surface area contributed by atoms with Crippen LogP contribution < -0.4 is 10.1 Å². The molecule has 1 amide bonds. The van der Waals surface area contributed by atoms with Gasteiger partial charge in [-0.05, 0) is 49.6 Å². The zero-order chi connectivity index (χ0) is 15.5. The van der Waals surface area contributed by atoms with Gasteiger partial charge in [0.15, 0.2) is 0 Å². The number of nitrogens with zero attached hydrogens (tertiary/aromatic N) is 1. The number of hydrogen-bond donors (Lipinski definition) is 1. The molecule has 0 spiro atoms. The van der Waals surface area contributed by atoms with Crippen molar-refractivity contribution in [2.45, 2.75) is 32.2 Å². The maximum absolute atomic E-state index is 13.0. The number of fused-ring (bicyclic) bond motifs is 1. The molecule has 2 aliphatic rings. The lowest BCUT2D eigenvalue weighted by Crippen LogP contribution is -2.47. The number of nitrogens with one attached hydrogen (secondary N) is 1. The highest BCUT2D eigenvalue weighted by molar-refractivity contribution is 6.30. The van der Waals surface area contributed by atoms with Crippen LogP contribution in [0.3, 0.4) is 0 Å². The Morgan fingerprint density at radius 2 is 2.36 bits per heavy atom. The van der Waals surface area contributed by atoms with Crippen LogP contribution in [-0.4, -0.2) is 43.1 Å². The predicted molar refractivity (Wildman–Crippen MR) is 87.4 cm³/mol. The van der Waals surface area contributed by atoms with Gasteiger partial charge in [-0.2, -0.15) is 0 Å². The van der Waals surface area contributed by atoms with Crippen molar-refractivity contribution in [2.24, 2.45) is 5.92 Å². The first-order valence-corrected chi connectivity index (χ1v) is 8.49. The van der Waals surface area contributed by atoms with Crippen LogP contribution in [0.15, 0.2) is 18.2 Å². The predicted octanol–water partition coefficient (Wildman–Crippen LogP) is 2.49. The zero-order valence-electron chi connectivity index (χ0n) is 13.0. The van der Waals surface area contributed by atoms with Crippen molar-refractivity contribution in [1.29, 1.82) is 0 Å². The summed E-state index contributed by atoms with van der Waals surface area (Å²) in [7, 11) is 0. The van der Waals surface area contributed by atoms with Gasteiger partial charge in [0, 0.05) is 24.2 Å². The Balaban J connectivity index is 1.73. The highest BCUT2D eigenvalue weighted by Crippen LogP contribution is 2.31. The maximum atomic E-state index is 13.0. The summed E-state index contributed by atoms with van der Waals surface area (Å²) in [5.41, 5.74) is 1.04. The quantitative estimate of drug-likeness (QED) is 0.926.